The SMILES string of the molecule is CC(C)C(NS(=O)(=O)c1ccc(CC#N)cc1)C(=O)O. The summed E-state index contributed by atoms with van der Waals surface area (Å²) in [4.78, 5) is 11.0. The highest BCUT2D eigenvalue weighted by Crippen LogP contribution is 2.13. The summed E-state index contributed by atoms with van der Waals surface area (Å²) in [5.41, 5.74) is 0.699. The van der Waals surface area contributed by atoms with Gasteiger partial charge in [0.2, 0.25) is 10.0 Å². The Hall–Kier alpha value is -1.91. The monoisotopic (exact) mass is 296 g/mol. The van der Waals surface area contributed by atoms with E-state index in [1.807, 2.05) is 6.07 Å². The van der Waals surface area contributed by atoms with Crippen molar-refractivity contribution in [1.82, 2.24) is 4.72 Å². The molecule has 0 saturated heterocycles. The molecule has 0 aliphatic heterocycles. The minimum atomic E-state index is -3.89. The van der Waals surface area contributed by atoms with Gasteiger partial charge >= 0.3 is 5.97 Å². The highest BCUT2D eigenvalue weighted by molar-refractivity contribution is 7.89. The number of nitrogens with one attached hydrogen (secondary N) is 1. The van der Waals surface area contributed by atoms with Gasteiger partial charge in [0, 0.05) is 0 Å². The molecular formula is C13H16N2O4S. The fourth-order valence-electron chi connectivity index (χ4n) is 1.58. The number of hydrogen-bond donors (Lipinski definition) is 2. The summed E-state index contributed by atoms with van der Waals surface area (Å²) in [6, 6.07) is 6.55. The van der Waals surface area contributed by atoms with Gasteiger partial charge in [0.05, 0.1) is 17.4 Å². The lowest BCUT2D eigenvalue weighted by atomic mass is 10.1. The molecule has 0 heterocycles. The van der Waals surface area contributed by atoms with E-state index < -0.39 is 22.0 Å². The van der Waals surface area contributed by atoms with E-state index in [0.717, 1.165) is 0 Å². The molecule has 0 amide bonds. The molecule has 0 aliphatic carbocycles. The quantitative estimate of drug-likeness (QED) is 0.818. The maximum Gasteiger partial charge on any atom is 0.322 e. The van der Waals surface area contributed by atoms with Crippen LogP contribution in [0, 0.1) is 17.2 Å². The van der Waals surface area contributed by atoms with Gasteiger partial charge in [0.15, 0.2) is 0 Å². The fourth-order valence-corrected chi connectivity index (χ4v) is 2.92. The topological polar surface area (TPSA) is 107 Å². The predicted octanol–water partition coefficient (Wildman–Crippen LogP) is 1.14. The summed E-state index contributed by atoms with van der Waals surface area (Å²) in [6.07, 6.45) is 0.192. The van der Waals surface area contributed by atoms with Crippen molar-refractivity contribution in [2.24, 2.45) is 5.92 Å². The van der Waals surface area contributed by atoms with Crippen molar-refractivity contribution >= 4 is 16.0 Å². The van der Waals surface area contributed by atoms with Gasteiger partial charge in [-0.15, -0.1) is 0 Å². The van der Waals surface area contributed by atoms with Crippen molar-refractivity contribution in [2.45, 2.75) is 31.2 Å². The number of sulfonamides is 1. The normalized spacial score (nSPS) is 12.9. The second-order valence-electron chi connectivity index (χ2n) is 4.66. The smallest absolute Gasteiger partial charge is 0.322 e. The highest BCUT2D eigenvalue weighted by atomic mass is 32.2. The van der Waals surface area contributed by atoms with Gasteiger partial charge in [-0.3, -0.25) is 4.79 Å². The lowest BCUT2D eigenvalue weighted by molar-refractivity contribution is -0.140. The molecule has 7 heteroatoms. The Morgan fingerprint density at radius 3 is 2.30 bits per heavy atom. The van der Waals surface area contributed by atoms with Crippen LogP contribution in [0.1, 0.15) is 19.4 Å². The molecule has 0 bridgehead atoms. The summed E-state index contributed by atoms with van der Waals surface area (Å²) < 4.78 is 26.3. The number of nitriles is 1. The number of carboxylic acid groups (broad SMARTS) is 1. The summed E-state index contributed by atoms with van der Waals surface area (Å²) in [7, 11) is -3.89. The first-order valence-corrected chi connectivity index (χ1v) is 7.47. The zero-order valence-corrected chi connectivity index (χ0v) is 12.0. The Kier molecular flexibility index (Phi) is 5.25. The molecule has 108 valence electrons. The Balaban J connectivity index is 2.99. The number of nitrogens with zero attached hydrogens (tertiary/aromatic N) is 1. The van der Waals surface area contributed by atoms with E-state index >= 15 is 0 Å². The number of hydrogen-bond acceptors (Lipinski definition) is 4. The first kappa shape index (κ1) is 16.1. The maximum absolute atomic E-state index is 12.1. The third-order valence-electron chi connectivity index (χ3n) is 2.73. The fraction of sp³-hybridized carbons (Fsp3) is 0.385. The molecule has 6 nitrogen and oxygen atoms in total. The van der Waals surface area contributed by atoms with E-state index in [1.165, 1.54) is 24.3 Å². The lowest BCUT2D eigenvalue weighted by Gasteiger charge is -2.18. The van der Waals surface area contributed by atoms with Gasteiger partial charge in [-0.05, 0) is 23.6 Å². The molecule has 0 aliphatic rings. The van der Waals surface area contributed by atoms with Crippen molar-refractivity contribution in [3.05, 3.63) is 29.8 Å². The van der Waals surface area contributed by atoms with E-state index in [4.69, 9.17) is 10.4 Å². The zero-order chi connectivity index (χ0) is 15.3. The van der Waals surface area contributed by atoms with Crippen molar-refractivity contribution in [2.75, 3.05) is 0 Å². The number of carbonyl (C=O) groups is 1. The number of benzene rings is 1. The van der Waals surface area contributed by atoms with Crippen LogP contribution in [0.4, 0.5) is 0 Å². The minimum absolute atomic E-state index is 0.0221. The first-order valence-electron chi connectivity index (χ1n) is 5.99. The van der Waals surface area contributed by atoms with Gasteiger partial charge in [0.1, 0.15) is 6.04 Å². The minimum Gasteiger partial charge on any atom is -0.480 e. The predicted molar refractivity (Wildman–Crippen MR) is 72.3 cm³/mol. The largest absolute Gasteiger partial charge is 0.480 e. The third-order valence-corrected chi connectivity index (χ3v) is 4.19. The van der Waals surface area contributed by atoms with Crippen LogP contribution in [0.15, 0.2) is 29.2 Å². The zero-order valence-electron chi connectivity index (χ0n) is 11.2. The van der Waals surface area contributed by atoms with Crippen LogP contribution in [-0.4, -0.2) is 25.5 Å². The van der Waals surface area contributed by atoms with Crippen LogP contribution in [-0.2, 0) is 21.2 Å². The Labute approximate surface area is 118 Å². The average Bonchev–Trinajstić information content (AvgIpc) is 2.36. The van der Waals surface area contributed by atoms with Crippen molar-refractivity contribution in [3.63, 3.8) is 0 Å². The molecule has 0 aromatic heterocycles. The van der Waals surface area contributed by atoms with Gasteiger partial charge in [-0.2, -0.15) is 9.98 Å². The number of rotatable bonds is 6. The van der Waals surface area contributed by atoms with Crippen LogP contribution < -0.4 is 4.72 Å². The third kappa shape index (κ3) is 4.05. The summed E-state index contributed by atoms with van der Waals surface area (Å²) >= 11 is 0. The van der Waals surface area contributed by atoms with Crippen LogP contribution in [0.5, 0.6) is 0 Å². The molecule has 1 aromatic rings. The van der Waals surface area contributed by atoms with Crippen LogP contribution in [0.2, 0.25) is 0 Å². The van der Waals surface area contributed by atoms with Gasteiger partial charge in [-0.1, -0.05) is 26.0 Å². The molecule has 0 fully saturated rings. The maximum atomic E-state index is 12.1. The van der Waals surface area contributed by atoms with Gasteiger partial charge in [0.25, 0.3) is 0 Å². The van der Waals surface area contributed by atoms with E-state index in [1.54, 1.807) is 13.8 Å². The summed E-state index contributed by atoms with van der Waals surface area (Å²) in [5, 5.41) is 17.5. The van der Waals surface area contributed by atoms with E-state index in [9.17, 15) is 13.2 Å². The Morgan fingerprint density at radius 1 is 1.35 bits per heavy atom. The van der Waals surface area contributed by atoms with Crippen LogP contribution in [0.3, 0.4) is 0 Å². The van der Waals surface area contributed by atoms with E-state index in [2.05, 4.69) is 4.72 Å². The number of aliphatic carboxylic acids is 1. The van der Waals surface area contributed by atoms with E-state index in [0.29, 0.717) is 5.56 Å². The van der Waals surface area contributed by atoms with Crippen LogP contribution in [0.25, 0.3) is 0 Å². The molecule has 1 atom stereocenters. The lowest BCUT2D eigenvalue weighted by Crippen LogP contribution is -2.44. The van der Waals surface area contributed by atoms with Crippen molar-refractivity contribution in [3.8, 4) is 6.07 Å². The molecule has 0 saturated carbocycles. The molecule has 1 rings (SSSR count). The second kappa shape index (κ2) is 6.50. The first-order chi connectivity index (χ1) is 9.27. The molecule has 0 spiro atoms. The van der Waals surface area contributed by atoms with E-state index in [-0.39, 0.29) is 17.2 Å². The molecule has 20 heavy (non-hydrogen) atoms. The molecular weight excluding hydrogens is 280 g/mol. The highest BCUT2D eigenvalue weighted by Gasteiger charge is 2.27. The molecule has 1 unspecified atom stereocenters. The molecule has 1 aromatic carbocycles. The Bertz CT molecular complexity index is 615. The van der Waals surface area contributed by atoms with Gasteiger partial charge in [-0.25, -0.2) is 8.42 Å². The van der Waals surface area contributed by atoms with Crippen molar-refractivity contribution < 1.29 is 18.3 Å². The molecule has 2 N–H and O–H groups in total. The summed E-state index contributed by atoms with van der Waals surface area (Å²) in [6.45, 7) is 3.24. The van der Waals surface area contributed by atoms with Gasteiger partial charge < -0.3 is 5.11 Å². The van der Waals surface area contributed by atoms with Crippen molar-refractivity contribution in [1.29, 1.82) is 5.26 Å². The summed E-state index contributed by atoms with van der Waals surface area (Å²) in [5.74, 6) is -1.59. The number of carboxylic acids is 1. The Morgan fingerprint density at radius 2 is 1.90 bits per heavy atom. The second-order valence-corrected chi connectivity index (χ2v) is 6.37. The van der Waals surface area contributed by atoms with Crippen LogP contribution >= 0.6 is 0 Å². The average molecular weight is 296 g/mol. The standard InChI is InChI=1S/C13H16N2O4S/c1-9(2)12(13(16)17)15-20(18,19)11-5-3-10(4-6-11)7-8-14/h3-6,9,12,15H,7H2,1-2H3,(H,16,17). The molecule has 0 radical (unpaired) electrons.